The zero-order valence-corrected chi connectivity index (χ0v) is 12.3. The number of rotatable bonds is 8. The minimum atomic E-state index is -0.484. The predicted octanol–water partition coefficient (Wildman–Crippen LogP) is 1.47. The number of phenolic OH excluding ortho intramolecular Hbond substituents is 1. The molecule has 1 aromatic rings. The van der Waals surface area contributed by atoms with Gasteiger partial charge in [0.15, 0.2) is 11.5 Å². The number of benzene rings is 1. The van der Waals surface area contributed by atoms with Gasteiger partial charge >= 0.3 is 0 Å². The lowest BCUT2D eigenvalue weighted by Crippen LogP contribution is -2.27. The van der Waals surface area contributed by atoms with Crippen molar-refractivity contribution in [3.05, 3.63) is 23.8 Å². The third kappa shape index (κ3) is 5.71. The summed E-state index contributed by atoms with van der Waals surface area (Å²) >= 11 is 0. The highest BCUT2D eigenvalue weighted by Gasteiger charge is 2.12. The first-order valence-corrected chi connectivity index (χ1v) is 6.91. The summed E-state index contributed by atoms with van der Waals surface area (Å²) in [5.74, 6) is 0.366. The molecule has 1 amide bonds. The molecule has 21 heavy (non-hydrogen) atoms. The molecule has 0 aromatic heterocycles. The van der Waals surface area contributed by atoms with Crippen LogP contribution in [0.3, 0.4) is 0 Å². The van der Waals surface area contributed by atoms with Crippen LogP contribution in [0.1, 0.15) is 31.9 Å². The van der Waals surface area contributed by atoms with E-state index in [9.17, 15) is 15.2 Å². The summed E-state index contributed by atoms with van der Waals surface area (Å²) in [4.78, 5) is 10.7. The van der Waals surface area contributed by atoms with Gasteiger partial charge in [-0.15, -0.1) is 0 Å². The zero-order valence-electron chi connectivity index (χ0n) is 12.3. The van der Waals surface area contributed by atoms with Crippen molar-refractivity contribution in [1.29, 1.82) is 5.26 Å². The summed E-state index contributed by atoms with van der Waals surface area (Å²) in [5, 5.41) is 24.7. The van der Waals surface area contributed by atoms with Gasteiger partial charge in [0.05, 0.1) is 12.7 Å². The number of amides is 1. The van der Waals surface area contributed by atoms with Gasteiger partial charge < -0.3 is 15.2 Å². The Labute approximate surface area is 124 Å². The maximum atomic E-state index is 10.7. The van der Waals surface area contributed by atoms with E-state index in [1.807, 2.05) is 6.92 Å². The van der Waals surface area contributed by atoms with Gasteiger partial charge in [0.25, 0.3) is 0 Å². The van der Waals surface area contributed by atoms with E-state index in [0.29, 0.717) is 25.4 Å². The van der Waals surface area contributed by atoms with Gasteiger partial charge in [0.1, 0.15) is 6.04 Å². The molecule has 3 N–H and O–H groups in total. The van der Waals surface area contributed by atoms with Gasteiger partial charge in [-0.25, -0.2) is 0 Å². The number of carbonyl (C=O) groups is 1. The number of hydrogen-bond acceptors (Lipinski definition) is 5. The summed E-state index contributed by atoms with van der Waals surface area (Å²) < 4.78 is 5.31. The minimum Gasteiger partial charge on any atom is -0.504 e. The lowest BCUT2D eigenvalue weighted by atomic mass is 10.1. The van der Waals surface area contributed by atoms with E-state index in [1.54, 1.807) is 12.1 Å². The number of hydrogen-bond donors (Lipinski definition) is 3. The van der Waals surface area contributed by atoms with Crippen LogP contribution in [0.15, 0.2) is 18.2 Å². The first-order chi connectivity index (χ1) is 10.1. The summed E-state index contributed by atoms with van der Waals surface area (Å²) in [6.45, 7) is 4.91. The lowest BCUT2D eigenvalue weighted by molar-refractivity contribution is -0.118. The van der Waals surface area contributed by atoms with Gasteiger partial charge in [0, 0.05) is 13.5 Å². The maximum Gasteiger partial charge on any atom is 0.216 e. The average molecular weight is 291 g/mol. The Bertz CT molecular complexity index is 511. The molecule has 1 atom stereocenters. The number of nitrogens with one attached hydrogen (secondary N) is 2. The molecule has 0 saturated carbocycles. The molecule has 0 fully saturated rings. The van der Waals surface area contributed by atoms with Crippen molar-refractivity contribution in [3.8, 4) is 17.6 Å². The Balaban J connectivity index is 2.58. The fraction of sp³-hybridized carbons (Fsp3) is 0.467. The summed E-state index contributed by atoms with van der Waals surface area (Å²) in [5.41, 5.74) is 0.735. The van der Waals surface area contributed by atoms with Crippen molar-refractivity contribution in [2.75, 3.05) is 19.7 Å². The van der Waals surface area contributed by atoms with E-state index >= 15 is 0 Å². The fourth-order valence-electron chi connectivity index (χ4n) is 1.82. The normalized spacial score (nSPS) is 11.5. The second kappa shape index (κ2) is 8.82. The predicted molar refractivity (Wildman–Crippen MR) is 78.9 cm³/mol. The molecule has 0 aliphatic rings. The highest BCUT2D eigenvalue weighted by molar-refractivity contribution is 5.72. The van der Waals surface area contributed by atoms with Gasteiger partial charge in [-0.1, -0.05) is 6.07 Å². The molecule has 0 bridgehead atoms. The number of phenols is 1. The molecule has 1 unspecified atom stereocenters. The second-order valence-corrected chi connectivity index (χ2v) is 4.51. The van der Waals surface area contributed by atoms with E-state index in [0.717, 1.165) is 12.0 Å². The summed E-state index contributed by atoms with van der Waals surface area (Å²) in [6, 6.07) is 6.55. The van der Waals surface area contributed by atoms with Crippen molar-refractivity contribution >= 4 is 5.91 Å². The standard InChI is InChI=1S/C15H21N3O3/c1-3-21-15-9-12(5-6-14(15)20)13(10-16)18-8-4-7-17-11(2)19/h5-6,9,13,18,20H,3-4,7-8H2,1-2H3,(H,17,19). The van der Waals surface area contributed by atoms with Gasteiger partial charge in [-0.2, -0.15) is 5.26 Å². The highest BCUT2D eigenvalue weighted by atomic mass is 16.5. The third-order valence-electron chi connectivity index (χ3n) is 2.82. The summed E-state index contributed by atoms with van der Waals surface area (Å²) in [6.07, 6.45) is 0.730. The van der Waals surface area contributed by atoms with Gasteiger partial charge in [-0.3, -0.25) is 10.1 Å². The number of aromatic hydroxyl groups is 1. The number of nitriles is 1. The molecule has 0 heterocycles. The monoisotopic (exact) mass is 291 g/mol. The number of carbonyl (C=O) groups excluding carboxylic acids is 1. The van der Waals surface area contributed by atoms with Crippen LogP contribution in [-0.2, 0) is 4.79 Å². The van der Waals surface area contributed by atoms with E-state index in [4.69, 9.17) is 4.74 Å². The Hall–Kier alpha value is -2.26. The Morgan fingerprint density at radius 1 is 1.48 bits per heavy atom. The topological polar surface area (TPSA) is 94.4 Å². The minimum absolute atomic E-state index is 0.0583. The van der Waals surface area contributed by atoms with Crippen LogP contribution in [0.2, 0.25) is 0 Å². The van der Waals surface area contributed by atoms with Crippen LogP contribution in [-0.4, -0.2) is 30.7 Å². The molecule has 114 valence electrons. The number of ether oxygens (including phenoxy) is 1. The van der Waals surface area contributed by atoms with Gasteiger partial charge in [-0.05, 0) is 37.6 Å². The van der Waals surface area contributed by atoms with Crippen LogP contribution in [0.5, 0.6) is 11.5 Å². The smallest absolute Gasteiger partial charge is 0.216 e. The zero-order chi connectivity index (χ0) is 15.7. The molecular formula is C15H21N3O3. The molecular weight excluding hydrogens is 270 g/mol. The SMILES string of the molecule is CCOc1cc(C(C#N)NCCCNC(C)=O)ccc1O. The Kier molecular flexibility index (Phi) is 7.05. The first kappa shape index (κ1) is 16.8. The van der Waals surface area contributed by atoms with E-state index in [2.05, 4.69) is 16.7 Å². The van der Waals surface area contributed by atoms with E-state index < -0.39 is 6.04 Å². The second-order valence-electron chi connectivity index (χ2n) is 4.51. The van der Waals surface area contributed by atoms with Crippen molar-refractivity contribution in [2.24, 2.45) is 0 Å². The van der Waals surface area contributed by atoms with Crippen LogP contribution < -0.4 is 15.4 Å². The average Bonchev–Trinajstić information content (AvgIpc) is 2.45. The van der Waals surface area contributed by atoms with Gasteiger partial charge in [0.2, 0.25) is 5.91 Å². The number of nitrogens with zero attached hydrogens (tertiary/aromatic N) is 1. The molecule has 6 nitrogen and oxygen atoms in total. The van der Waals surface area contributed by atoms with Crippen molar-refractivity contribution in [1.82, 2.24) is 10.6 Å². The molecule has 0 radical (unpaired) electrons. The maximum absolute atomic E-state index is 10.7. The van der Waals surface area contributed by atoms with E-state index in [-0.39, 0.29) is 11.7 Å². The van der Waals surface area contributed by atoms with Crippen molar-refractivity contribution in [3.63, 3.8) is 0 Å². The van der Waals surface area contributed by atoms with Crippen molar-refractivity contribution < 1.29 is 14.6 Å². The van der Waals surface area contributed by atoms with Crippen LogP contribution in [0, 0.1) is 11.3 Å². The molecule has 6 heteroatoms. The lowest BCUT2D eigenvalue weighted by Gasteiger charge is -2.14. The van der Waals surface area contributed by atoms with E-state index in [1.165, 1.54) is 13.0 Å². The largest absolute Gasteiger partial charge is 0.504 e. The molecule has 0 aliphatic heterocycles. The van der Waals surface area contributed by atoms with Crippen LogP contribution in [0.25, 0.3) is 0 Å². The Morgan fingerprint density at radius 2 is 2.24 bits per heavy atom. The summed E-state index contributed by atoms with van der Waals surface area (Å²) in [7, 11) is 0. The van der Waals surface area contributed by atoms with Crippen LogP contribution >= 0.6 is 0 Å². The fourth-order valence-corrected chi connectivity index (χ4v) is 1.82. The molecule has 1 rings (SSSR count). The Morgan fingerprint density at radius 3 is 2.86 bits per heavy atom. The quantitative estimate of drug-likeness (QED) is 0.631. The van der Waals surface area contributed by atoms with Crippen LogP contribution in [0.4, 0.5) is 0 Å². The molecule has 1 aromatic carbocycles. The molecule has 0 spiro atoms. The molecule has 0 saturated heterocycles. The van der Waals surface area contributed by atoms with Crippen molar-refractivity contribution in [2.45, 2.75) is 26.3 Å². The molecule has 0 aliphatic carbocycles. The third-order valence-corrected chi connectivity index (χ3v) is 2.82. The highest BCUT2D eigenvalue weighted by Crippen LogP contribution is 2.29. The first-order valence-electron chi connectivity index (χ1n) is 6.91.